The number of nitrogens with zero attached hydrogens (tertiary/aromatic N) is 4. The van der Waals surface area contributed by atoms with Gasteiger partial charge in [0, 0.05) is 25.1 Å². The molecule has 0 bridgehead atoms. The maximum absolute atomic E-state index is 9.17. The van der Waals surface area contributed by atoms with Gasteiger partial charge in [0.05, 0.1) is 0 Å². The largest absolute Gasteiger partial charge is 0.356 e. The van der Waals surface area contributed by atoms with E-state index in [1.807, 2.05) is 6.07 Å². The Morgan fingerprint density at radius 3 is 2.47 bits per heavy atom. The minimum Gasteiger partial charge on any atom is -0.356 e. The van der Waals surface area contributed by atoms with E-state index < -0.39 is 0 Å². The van der Waals surface area contributed by atoms with Crippen molar-refractivity contribution in [3.63, 3.8) is 0 Å². The molecule has 1 aliphatic heterocycles. The first-order chi connectivity index (χ1) is 9.36. The fraction of sp³-hybridized carbons (Fsp3) is 0.667. The quantitative estimate of drug-likeness (QED) is 0.816. The molecule has 1 aromatic heterocycles. The molecule has 1 saturated carbocycles. The summed E-state index contributed by atoms with van der Waals surface area (Å²) in [4.78, 5) is 11.5. The minimum atomic E-state index is 0.461. The fourth-order valence-corrected chi connectivity index (χ4v) is 3.16. The predicted octanol–water partition coefficient (Wildman–Crippen LogP) is 3.00. The molecule has 1 aliphatic carbocycles. The molecule has 0 spiro atoms. The van der Waals surface area contributed by atoms with E-state index in [1.54, 1.807) is 0 Å². The molecule has 4 nitrogen and oxygen atoms in total. The summed E-state index contributed by atoms with van der Waals surface area (Å²) in [6.07, 6.45) is 8.67. The Balaban J connectivity index is 1.90. The standard InChI is InChI=1S/C15H20N4/c16-11-13-10-14(19-8-4-5-9-19)18-15(17-13)12-6-2-1-3-7-12/h10,12H,1-9H2. The highest BCUT2D eigenvalue weighted by atomic mass is 15.2. The molecular weight excluding hydrogens is 236 g/mol. The monoisotopic (exact) mass is 256 g/mol. The normalized spacial score (nSPS) is 20.5. The lowest BCUT2D eigenvalue weighted by Gasteiger charge is -2.22. The predicted molar refractivity (Wildman–Crippen MR) is 74.0 cm³/mol. The van der Waals surface area contributed by atoms with Crippen LogP contribution in [0.4, 0.5) is 5.82 Å². The van der Waals surface area contributed by atoms with Gasteiger partial charge in [-0.3, -0.25) is 0 Å². The summed E-state index contributed by atoms with van der Waals surface area (Å²) in [5.74, 6) is 2.33. The Morgan fingerprint density at radius 2 is 1.79 bits per heavy atom. The van der Waals surface area contributed by atoms with Gasteiger partial charge in [-0.25, -0.2) is 9.97 Å². The van der Waals surface area contributed by atoms with E-state index in [0.29, 0.717) is 11.6 Å². The van der Waals surface area contributed by atoms with Crippen LogP contribution in [0, 0.1) is 11.3 Å². The summed E-state index contributed by atoms with van der Waals surface area (Å²) in [5, 5.41) is 9.17. The summed E-state index contributed by atoms with van der Waals surface area (Å²) in [5.41, 5.74) is 0.525. The first-order valence-electron chi connectivity index (χ1n) is 7.41. The molecule has 100 valence electrons. The second kappa shape index (κ2) is 5.56. The van der Waals surface area contributed by atoms with Crippen LogP contribution in [0.15, 0.2) is 6.07 Å². The number of aromatic nitrogens is 2. The average molecular weight is 256 g/mol. The van der Waals surface area contributed by atoms with Crippen LogP contribution in [-0.2, 0) is 0 Å². The molecule has 3 rings (SSSR count). The van der Waals surface area contributed by atoms with Gasteiger partial charge in [0.25, 0.3) is 0 Å². The minimum absolute atomic E-state index is 0.461. The molecule has 0 aromatic carbocycles. The fourth-order valence-electron chi connectivity index (χ4n) is 3.16. The lowest BCUT2D eigenvalue weighted by molar-refractivity contribution is 0.428. The van der Waals surface area contributed by atoms with E-state index in [-0.39, 0.29) is 0 Å². The molecule has 0 atom stereocenters. The molecule has 1 aromatic rings. The van der Waals surface area contributed by atoms with Gasteiger partial charge in [0.15, 0.2) is 0 Å². The lowest BCUT2D eigenvalue weighted by atomic mass is 9.88. The van der Waals surface area contributed by atoms with Crippen molar-refractivity contribution in [1.82, 2.24) is 9.97 Å². The van der Waals surface area contributed by atoms with Crippen LogP contribution < -0.4 is 4.90 Å². The summed E-state index contributed by atoms with van der Waals surface area (Å²) in [6, 6.07) is 4.04. The molecule has 2 fully saturated rings. The van der Waals surface area contributed by atoms with Crippen molar-refractivity contribution in [2.75, 3.05) is 18.0 Å². The molecule has 0 radical (unpaired) electrons. The number of nitriles is 1. The topological polar surface area (TPSA) is 52.8 Å². The Kier molecular flexibility index (Phi) is 3.63. The zero-order chi connectivity index (χ0) is 13.1. The van der Waals surface area contributed by atoms with Gasteiger partial charge in [-0.15, -0.1) is 0 Å². The number of rotatable bonds is 2. The third kappa shape index (κ3) is 2.70. The van der Waals surface area contributed by atoms with Gasteiger partial charge in [0.1, 0.15) is 23.4 Å². The van der Waals surface area contributed by atoms with E-state index >= 15 is 0 Å². The van der Waals surface area contributed by atoms with Gasteiger partial charge in [-0.1, -0.05) is 19.3 Å². The van der Waals surface area contributed by atoms with E-state index in [9.17, 15) is 0 Å². The van der Waals surface area contributed by atoms with Crippen molar-refractivity contribution in [3.05, 3.63) is 17.6 Å². The highest BCUT2D eigenvalue weighted by molar-refractivity contribution is 5.44. The number of anilines is 1. The van der Waals surface area contributed by atoms with Gasteiger partial charge < -0.3 is 4.90 Å². The van der Waals surface area contributed by atoms with E-state index in [0.717, 1.165) is 24.7 Å². The van der Waals surface area contributed by atoms with Crippen LogP contribution in [0.1, 0.15) is 62.4 Å². The average Bonchev–Trinajstić information content (AvgIpc) is 3.02. The summed E-state index contributed by atoms with van der Waals surface area (Å²) >= 11 is 0. The van der Waals surface area contributed by atoms with Crippen LogP contribution >= 0.6 is 0 Å². The molecule has 0 unspecified atom stereocenters. The van der Waals surface area contributed by atoms with Crippen LogP contribution in [0.2, 0.25) is 0 Å². The maximum atomic E-state index is 9.17. The molecule has 0 amide bonds. The molecule has 2 heterocycles. The van der Waals surface area contributed by atoms with Crippen LogP contribution in [0.3, 0.4) is 0 Å². The second-order valence-corrected chi connectivity index (χ2v) is 5.61. The zero-order valence-corrected chi connectivity index (χ0v) is 11.3. The third-order valence-electron chi connectivity index (χ3n) is 4.24. The molecular formula is C15H20N4. The smallest absolute Gasteiger partial charge is 0.146 e. The van der Waals surface area contributed by atoms with E-state index in [1.165, 1.54) is 44.9 Å². The Morgan fingerprint density at radius 1 is 1.05 bits per heavy atom. The second-order valence-electron chi connectivity index (χ2n) is 5.61. The SMILES string of the molecule is N#Cc1cc(N2CCCC2)nc(C2CCCCC2)n1. The summed E-state index contributed by atoms with van der Waals surface area (Å²) < 4.78 is 0. The van der Waals surface area contributed by atoms with Crippen molar-refractivity contribution in [3.8, 4) is 6.07 Å². The number of hydrogen-bond donors (Lipinski definition) is 0. The molecule has 1 saturated heterocycles. The van der Waals surface area contributed by atoms with Crippen molar-refractivity contribution in [1.29, 1.82) is 5.26 Å². The van der Waals surface area contributed by atoms with E-state index in [4.69, 9.17) is 10.2 Å². The van der Waals surface area contributed by atoms with Gasteiger partial charge >= 0.3 is 0 Å². The number of hydrogen-bond acceptors (Lipinski definition) is 4. The van der Waals surface area contributed by atoms with E-state index in [2.05, 4.69) is 16.0 Å². The molecule has 2 aliphatic rings. The first kappa shape index (κ1) is 12.4. The Bertz CT molecular complexity index is 479. The van der Waals surface area contributed by atoms with Crippen LogP contribution in [-0.4, -0.2) is 23.1 Å². The van der Waals surface area contributed by atoms with Crippen molar-refractivity contribution >= 4 is 5.82 Å². The summed E-state index contributed by atoms with van der Waals surface area (Å²) in [7, 11) is 0. The van der Waals surface area contributed by atoms with Gasteiger partial charge in [0.2, 0.25) is 0 Å². The maximum Gasteiger partial charge on any atom is 0.146 e. The lowest BCUT2D eigenvalue weighted by Crippen LogP contribution is -2.21. The molecule has 19 heavy (non-hydrogen) atoms. The van der Waals surface area contributed by atoms with Crippen LogP contribution in [0.5, 0.6) is 0 Å². The van der Waals surface area contributed by atoms with Crippen molar-refractivity contribution < 1.29 is 0 Å². The van der Waals surface area contributed by atoms with Crippen molar-refractivity contribution in [2.45, 2.75) is 50.9 Å². The Labute approximate surface area is 114 Å². The highest BCUT2D eigenvalue weighted by Gasteiger charge is 2.21. The first-order valence-corrected chi connectivity index (χ1v) is 7.41. The molecule has 4 heteroatoms. The summed E-state index contributed by atoms with van der Waals surface area (Å²) in [6.45, 7) is 2.12. The Hall–Kier alpha value is -1.63. The van der Waals surface area contributed by atoms with Gasteiger partial charge in [-0.2, -0.15) is 5.26 Å². The molecule has 0 N–H and O–H groups in total. The highest BCUT2D eigenvalue weighted by Crippen LogP contribution is 2.32. The van der Waals surface area contributed by atoms with Crippen molar-refractivity contribution in [2.24, 2.45) is 0 Å². The van der Waals surface area contributed by atoms with Crippen LogP contribution in [0.25, 0.3) is 0 Å². The zero-order valence-electron chi connectivity index (χ0n) is 11.3. The third-order valence-corrected chi connectivity index (χ3v) is 4.24. The van der Waals surface area contributed by atoms with Gasteiger partial charge in [-0.05, 0) is 25.7 Å².